The highest BCUT2D eigenvalue weighted by atomic mass is 32.2. The number of hydrogen-bond donors (Lipinski definition) is 1. The molecule has 0 amide bonds. The summed E-state index contributed by atoms with van der Waals surface area (Å²) in [5, 5.41) is 10.8. The number of unbranched alkanes of at least 4 members (excludes halogenated alkanes) is 2. The first-order valence-corrected chi connectivity index (χ1v) is 4.96. The SMILES string of the molecule is C[S@](=O)CCCC/C=N\O. The molecule has 0 aromatic heterocycles. The van der Waals surface area contributed by atoms with Crippen LogP contribution in [0.15, 0.2) is 5.16 Å². The highest BCUT2D eigenvalue weighted by Gasteiger charge is 1.89. The van der Waals surface area contributed by atoms with Gasteiger partial charge in [0.25, 0.3) is 0 Å². The molecular weight excluding hydrogens is 150 g/mol. The van der Waals surface area contributed by atoms with Crippen molar-refractivity contribution in [3.8, 4) is 0 Å². The largest absolute Gasteiger partial charge is 0.411 e. The van der Waals surface area contributed by atoms with Crippen LogP contribution in [0, 0.1) is 0 Å². The maximum absolute atomic E-state index is 10.5. The van der Waals surface area contributed by atoms with E-state index >= 15 is 0 Å². The minimum Gasteiger partial charge on any atom is -0.411 e. The molecule has 4 heteroatoms. The summed E-state index contributed by atoms with van der Waals surface area (Å²) in [4.78, 5) is 0. The van der Waals surface area contributed by atoms with E-state index in [9.17, 15) is 4.21 Å². The third-order valence-electron chi connectivity index (χ3n) is 1.10. The van der Waals surface area contributed by atoms with Crippen LogP contribution in [0.5, 0.6) is 0 Å². The Kier molecular flexibility index (Phi) is 6.48. The molecule has 1 atom stereocenters. The van der Waals surface area contributed by atoms with Gasteiger partial charge < -0.3 is 5.21 Å². The standard InChI is InChI=1S/C6H13NO2S/c1-10(9)6-4-2-3-5-7-8/h5,8H,2-4,6H2,1H3/b7-5-/t10-/m0/s1. The van der Waals surface area contributed by atoms with Crippen LogP contribution in [0.3, 0.4) is 0 Å². The summed E-state index contributed by atoms with van der Waals surface area (Å²) in [5.74, 6) is 0.749. The second-order valence-corrected chi connectivity index (χ2v) is 3.63. The summed E-state index contributed by atoms with van der Waals surface area (Å²) in [6.45, 7) is 0. The van der Waals surface area contributed by atoms with E-state index in [2.05, 4.69) is 5.16 Å². The van der Waals surface area contributed by atoms with Gasteiger partial charge in [0.1, 0.15) is 0 Å². The molecule has 0 heterocycles. The van der Waals surface area contributed by atoms with Crippen molar-refractivity contribution in [3.05, 3.63) is 0 Å². The lowest BCUT2D eigenvalue weighted by Crippen LogP contribution is -1.93. The zero-order chi connectivity index (χ0) is 7.82. The number of nitrogens with zero attached hydrogens (tertiary/aromatic N) is 1. The predicted octanol–water partition coefficient (Wildman–Crippen LogP) is 0.995. The Morgan fingerprint density at radius 1 is 1.60 bits per heavy atom. The minimum atomic E-state index is -0.678. The molecule has 0 saturated carbocycles. The molecule has 10 heavy (non-hydrogen) atoms. The number of rotatable bonds is 5. The second-order valence-electron chi connectivity index (χ2n) is 2.07. The molecular formula is C6H13NO2S. The molecule has 0 spiro atoms. The zero-order valence-electron chi connectivity index (χ0n) is 6.12. The van der Waals surface area contributed by atoms with E-state index in [0.717, 1.165) is 25.0 Å². The van der Waals surface area contributed by atoms with E-state index in [1.807, 2.05) is 0 Å². The molecule has 0 aromatic carbocycles. The number of hydrogen-bond acceptors (Lipinski definition) is 3. The number of oxime groups is 1. The van der Waals surface area contributed by atoms with Crippen molar-refractivity contribution in [3.63, 3.8) is 0 Å². The van der Waals surface area contributed by atoms with Crippen LogP contribution < -0.4 is 0 Å². The van der Waals surface area contributed by atoms with Gasteiger partial charge in [0.15, 0.2) is 0 Å². The van der Waals surface area contributed by atoms with E-state index in [0.29, 0.717) is 0 Å². The van der Waals surface area contributed by atoms with Crippen molar-refractivity contribution < 1.29 is 9.42 Å². The predicted molar refractivity (Wildman–Crippen MR) is 43.1 cm³/mol. The maximum Gasteiger partial charge on any atom is 0.0435 e. The van der Waals surface area contributed by atoms with Crippen LogP contribution in [0.4, 0.5) is 0 Å². The first kappa shape index (κ1) is 9.62. The van der Waals surface area contributed by atoms with Crippen molar-refractivity contribution in [2.45, 2.75) is 19.3 Å². The highest BCUT2D eigenvalue weighted by molar-refractivity contribution is 7.84. The van der Waals surface area contributed by atoms with E-state index in [1.165, 1.54) is 6.21 Å². The van der Waals surface area contributed by atoms with E-state index in [1.54, 1.807) is 6.26 Å². The van der Waals surface area contributed by atoms with Crippen molar-refractivity contribution >= 4 is 17.0 Å². The smallest absolute Gasteiger partial charge is 0.0435 e. The molecule has 0 bridgehead atoms. The summed E-state index contributed by atoms with van der Waals surface area (Å²) in [6.07, 6.45) is 5.81. The minimum absolute atomic E-state index is 0.678. The molecule has 3 nitrogen and oxygen atoms in total. The molecule has 0 radical (unpaired) electrons. The third kappa shape index (κ3) is 7.62. The Hall–Kier alpha value is -0.380. The van der Waals surface area contributed by atoms with Crippen molar-refractivity contribution in [1.82, 2.24) is 0 Å². The van der Waals surface area contributed by atoms with E-state index in [-0.39, 0.29) is 0 Å². The Balaban J connectivity index is 2.98. The first-order valence-electron chi connectivity index (χ1n) is 3.23. The highest BCUT2D eigenvalue weighted by Crippen LogP contribution is 1.93. The fourth-order valence-electron chi connectivity index (χ4n) is 0.599. The van der Waals surface area contributed by atoms with Crippen molar-refractivity contribution in [2.24, 2.45) is 5.16 Å². The molecule has 0 aliphatic carbocycles. The average Bonchev–Trinajstić information content (AvgIpc) is 1.87. The quantitative estimate of drug-likeness (QED) is 0.284. The topological polar surface area (TPSA) is 49.7 Å². The Morgan fingerprint density at radius 3 is 2.80 bits per heavy atom. The zero-order valence-corrected chi connectivity index (χ0v) is 6.93. The normalized spacial score (nSPS) is 14.1. The average molecular weight is 163 g/mol. The Morgan fingerprint density at radius 2 is 2.30 bits per heavy atom. The lowest BCUT2D eigenvalue weighted by atomic mass is 10.3. The van der Waals surface area contributed by atoms with Crippen LogP contribution in [-0.4, -0.2) is 27.6 Å². The Labute approximate surface area is 63.6 Å². The molecule has 0 aliphatic heterocycles. The Bertz CT molecular complexity index is 125. The van der Waals surface area contributed by atoms with Gasteiger partial charge in [-0.15, -0.1) is 5.16 Å². The van der Waals surface area contributed by atoms with Crippen molar-refractivity contribution in [2.75, 3.05) is 12.0 Å². The lowest BCUT2D eigenvalue weighted by Gasteiger charge is -1.92. The molecule has 0 aliphatic rings. The van der Waals surface area contributed by atoms with E-state index in [4.69, 9.17) is 5.21 Å². The van der Waals surface area contributed by atoms with Gasteiger partial charge in [-0.05, 0) is 19.3 Å². The second kappa shape index (κ2) is 6.74. The molecule has 0 unspecified atom stereocenters. The van der Waals surface area contributed by atoms with Gasteiger partial charge in [0, 0.05) is 29.0 Å². The van der Waals surface area contributed by atoms with E-state index < -0.39 is 10.8 Å². The lowest BCUT2D eigenvalue weighted by molar-refractivity contribution is 0.320. The van der Waals surface area contributed by atoms with Gasteiger partial charge >= 0.3 is 0 Å². The van der Waals surface area contributed by atoms with Gasteiger partial charge in [-0.2, -0.15) is 0 Å². The van der Waals surface area contributed by atoms with Crippen LogP contribution in [0.25, 0.3) is 0 Å². The monoisotopic (exact) mass is 163 g/mol. The van der Waals surface area contributed by atoms with Crippen LogP contribution >= 0.6 is 0 Å². The summed E-state index contributed by atoms with van der Waals surface area (Å²) in [6, 6.07) is 0. The third-order valence-corrected chi connectivity index (χ3v) is 1.96. The van der Waals surface area contributed by atoms with Gasteiger partial charge in [0.05, 0.1) is 0 Å². The van der Waals surface area contributed by atoms with Gasteiger partial charge in [-0.25, -0.2) is 0 Å². The van der Waals surface area contributed by atoms with Gasteiger partial charge in [-0.3, -0.25) is 4.21 Å². The summed E-state index contributed by atoms with van der Waals surface area (Å²) in [7, 11) is -0.678. The molecule has 60 valence electrons. The fraction of sp³-hybridized carbons (Fsp3) is 0.833. The van der Waals surface area contributed by atoms with Gasteiger partial charge in [0.2, 0.25) is 0 Å². The molecule has 0 rings (SSSR count). The van der Waals surface area contributed by atoms with Crippen molar-refractivity contribution in [1.29, 1.82) is 0 Å². The summed E-state index contributed by atoms with van der Waals surface area (Å²) >= 11 is 0. The molecule has 0 fully saturated rings. The summed E-state index contributed by atoms with van der Waals surface area (Å²) < 4.78 is 10.5. The molecule has 1 N–H and O–H groups in total. The van der Waals surface area contributed by atoms with Gasteiger partial charge in [-0.1, -0.05) is 0 Å². The first-order chi connectivity index (χ1) is 4.77. The molecule has 0 aromatic rings. The molecule has 0 saturated heterocycles. The van der Waals surface area contributed by atoms with Crippen LogP contribution in [-0.2, 0) is 10.8 Å². The summed E-state index contributed by atoms with van der Waals surface area (Å²) in [5.41, 5.74) is 0. The maximum atomic E-state index is 10.5. The fourth-order valence-corrected chi connectivity index (χ4v) is 1.21. The van der Waals surface area contributed by atoms with Crippen LogP contribution in [0.2, 0.25) is 0 Å². The van der Waals surface area contributed by atoms with Crippen LogP contribution in [0.1, 0.15) is 19.3 Å².